The standard InChI is InChI=1S/C19H25N5O2/c1-2-22-11-13-23(14-12-22)18(25)6-4-10-24-19(26)8-7-17(21-24)16-5-3-9-20-15-16/h3,5,7-9,15H,2,4,6,10-14H2,1H3. The summed E-state index contributed by atoms with van der Waals surface area (Å²) in [4.78, 5) is 32.7. The summed E-state index contributed by atoms with van der Waals surface area (Å²) in [6.07, 6.45) is 4.47. The summed E-state index contributed by atoms with van der Waals surface area (Å²) in [6, 6.07) is 6.96. The lowest BCUT2D eigenvalue weighted by molar-refractivity contribution is -0.133. The van der Waals surface area contributed by atoms with Crippen molar-refractivity contribution in [2.24, 2.45) is 0 Å². The van der Waals surface area contributed by atoms with Gasteiger partial charge in [0.1, 0.15) is 0 Å². The molecule has 3 rings (SSSR count). The highest BCUT2D eigenvalue weighted by Crippen LogP contribution is 2.13. The number of nitrogens with zero attached hydrogens (tertiary/aromatic N) is 5. The molecule has 2 aromatic rings. The number of hydrogen-bond donors (Lipinski definition) is 0. The lowest BCUT2D eigenvalue weighted by Gasteiger charge is -2.34. The zero-order valence-corrected chi connectivity index (χ0v) is 15.2. The molecule has 0 aliphatic carbocycles. The van der Waals surface area contributed by atoms with Gasteiger partial charge in [0, 0.05) is 63.2 Å². The van der Waals surface area contributed by atoms with Gasteiger partial charge in [-0.25, -0.2) is 4.68 Å². The molecule has 1 amide bonds. The van der Waals surface area contributed by atoms with Crippen molar-refractivity contribution in [3.63, 3.8) is 0 Å². The zero-order valence-electron chi connectivity index (χ0n) is 15.2. The summed E-state index contributed by atoms with van der Waals surface area (Å²) < 4.78 is 1.44. The fraction of sp³-hybridized carbons (Fsp3) is 0.474. The Morgan fingerprint density at radius 1 is 1.15 bits per heavy atom. The Morgan fingerprint density at radius 3 is 2.65 bits per heavy atom. The SMILES string of the molecule is CCN1CCN(C(=O)CCCn2nc(-c3cccnc3)ccc2=O)CC1. The Bertz CT molecular complexity index is 782. The van der Waals surface area contributed by atoms with Crippen LogP contribution in [0, 0.1) is 0 Å². The fourth-order valence-corrected chi connectivity index (χ4v) is 3.13. The van der Waals surface area contributed by atoms with Crippen LogP contribution in [0.5, 0.6) is 0 Å². The first-order chi connectivity index (χ1) is 12.7. The highest BCUT2D eigenvalue weighted by Gasteiger charge is 2.19. The Labute approximate surface area is 153 Å². The summed E-state index contributed by atoms with van der Waals surface area (Å²) in [5.74, 6) is 0.164. The van der Waals surface area contributed by atoms with Crippen molar-refractivity contribution in [1.29, 1.82) is 0 Å². The van der Waals surface area contributed by atoms with Crippen LogP contribution in [0.4, 0.5) is 0 Å². The number of rotatable bonds is 6. The van der Waals surface area contributed by atoms with Gasteiger partial charge in [0.25, 0.3) is 5.56 Å². The van der Waals surface area contributed by atoms with E-state index in [1.807, 2.05) is 17.0 Å². The number of carbonyl (C=O) groups is 1. The first kappa shape index (κ1) is 18.3. The van der Waals surface area contributed by atoms with E-state index in [1.165, 1.54) is 10.7 Å². The second-order valence-corrected chi connectivity index (χ2v) is 6.44. The maximum Gasteiger partial charge on any atom is 0.266 e. The Balaban J connectivity index is 1.55. The number of pyridine rings is 1. The Morgan fingerprint density at radius 2 is 1.96 bits per heavy atom. The minimum atomic E-state index is -0.151. The zero-order chi connectivity index (χ0) is 18.4. The molecule has 7 heteroatoms. The third-order valence-corrected chi connectivity index (χ3v) is 4.76. The summed E-state index contributed by atoms with van der Waals surface area (Å²) in [5, 5.41) is 4.41. The second kappa shape index (κ2) is 8.71. The van der Waals surface area contributed by atoms with E-state index in [9.17, 15) is 9.59 Å². The van der Waals surface area contributed by atoms with Gasteiger partial charge in [-0.05, 0) is 31.2 Å². The van der Waals surface area contributed by atoms with E-state index in [1.54, 1.807) is 18.5 Å². The van der Waals surface area contributed by atoms with Gasteiger partial charge in [-0.1, -0.05) is 6.92 Å². The van der Waals surface area contributed by atoms with E-state index in [-0.39, 0.29) is 11.5 Å². The molecule has 0 atom stereocenters. The monoisotopic (exact) mass is 355 g/mol. The van der Waals surface area contributed by atoms with Crippen LogP contribution < -0.4 is 5.56 Å². The van der Waals surface area contributed by atoms with Gasteiger partial charge >= 0.3 is 0 Å². The van der Waals surface area contributed by atoms with E-state index >= 15 is 0 Å². The molecule has 1 aliphatic heterocycles. The second-order valence-electron chi connectivity index (χ2n) is 6.44. The van der Waals surface area contributed by atoms with Gasteiger partial charge in [-0.3, -0.25) is 14.6 Å². The van der Waals surface area contributed by atoms with Gasteiger partial charge in [-0.15, -0.1) is 0 Å². The van der Waals surface area contributed by atoms with Crippen molar-refractivity contribution in [2.45, 2.75) is 26.3 Å². The predicted molar refractivity (Wildman–Crippen MR) is 99.7 cm³/mol. The number of aryl methyl sites for hydroxylation is 1. The Kier molecular flexibility index (Phi) is 6.12. The summed E-state index contributed by atoms with van der Waals surface area (Å²) in [5.41, 5.74) is 1.42. The molecule has 0 aromatic carbocycles. The molecule has 0 unspecified atom stereocenters. The summed E-state index contributed by atoms with van der Waals surface area (Å²) >= 11 is 0. The van der Waals surface area contributed by atoms with Crippen LogP contribution in [-0.2, 0) is 11.3 Å². The third kappa shape index (κ3) is 4.54. The average molecular weight is 355 g/mol. The molecule has 2 aromatic heterocycles. The first-order valence-electron chi connectivity index (χ1n) is 9.16. The van der Waals surface area contributed by atoms with Crippen molar-refractivity contribution in [2.75, 3.05) is 32.7 Å². The highest BCUT2D eigenvalue weighted by atomic mass is 16.2. The van der Waals surface area contributed by atoms with Crippen LogP contribution in [0.2, 0.25) is 0 Å². The largest absolute Gasteiger partial charge is 0.340 e. The average Bonchev–Trinajstić information content (AvgIpc) is 2.70. The molecule has 0 spiro atoms. The molecule has 0 bridgehead atoms. The van der Waals surface area contributed by atoms with Crippen molar-refractivity contribution in [3.05, 3.63) is 47.0 Å². The minimum Gasteiger partial charge on any atom is -0.340 e. The third-order valence-electron chi connectivity index (χ3n) is 4.76. The number of carbonyl (C=O) groups excluding carboxylic acids is 1. The molecule has 1 saturated heterocycles. The number of aromatic nitrogens is 3. The first-order valence-corrected chi connectivity index (χ1v) is 9.16. The predicted octanol–water partition coefficient (Wildman–Crippen LogP) is 1.25. The van der Waals surface area contributed by atoms with Crippen LogP contribution in [-0.4, -0.2) is 63.2 Å². The fourth-order valence-electron chi connectivity index (χ4n) is 3.13. The molecule has 3 heterocycles. The Hall–Kier alpha value is -2.54. The number of hydrogen-bond acceptors (Lipinski definition) is 5. The molecule has 0 N–H and O–H groups in total. The quantitative estimate of drug-likeness (QED) is 0.780. The van der Waals surface area contributed by atoms with Crippen molar-refractivity contribution in [1.82, 2.24) is 24.6 Å². The van der Waals surface area contributed by atoms with Crippen molar-refractivity contribution in [3.8, 4) is 11.3 Å². The van der Waals surface area contributed by atoms with E-state index in [0.29, 0.717) is 25.1 Å². The van der Waals surface area contributed by atoms with Gasteiger partial charge < -0.3 is 9.80 Å². The van der Waals surface area contributed by atoms with Gasteiger partial charge in [0.05, 0.1) is 5.69 Å². The van der Waals surface area contributed by atoms with Crippen LogP contribution in [0.15, 0.2) is 41.5 Å². The number of piperazine rings is 1. The van der Waals surface area contributed by atoms with E-state index < -0.39 is 0 Å². The smallest absolute Gasteiger partial charge is 0.266 e. The van der Waals surface area contributed by atoms with Gasteiger partial charge in [0.15, 0.2) is 0 Å². The lowest BCUT2D eigenvalue weighted by Crippen LogP contribution is -2.48. The van der Waals surface area contributed by atoms with Crippen LogP contribution in [0.1, 0.15) is 19.8 Å². The topological polar surface area (TPSA) is 71.3 Å². The molecule has 26 heavy (non-hydrogen) atoms. The van der Waals surface area contributed by atoms with Gasteiger partial charge in [0.2, 0.25) is 5.91 Å². The van der Waals surface area contributed by atoms with Gasteiger partial charge in [-0.2, -0.15) is 5.10 Å². The van der Waals surface area contributed by atoms with E-state index in [4.69, 9.17) is 0 Å². The summed E-state index contributed by atoms with van der Waals surface area (Å²) in [6.45, 7) is 7.08. The molecular formula is C19H25N5O2. The lowest BCUT2D eigenvalue weighted by atomic mass is 10.2. The van der Waals surface area contributed by atoms with Crippen LogP contribution in [0.3, 0.4) is 0 Å². The molecule has 1 fully saturated rings. The maximum atomic E-state index is 12.3. The molecule has 0 saturated carbocycles. The maximum absolute atomic E-state index is 12.3. The minimum absolute atomic E-state index is 0.151. The normalized spacial score (nSPS) is 15.2. The highest BCUT2D eigenvalue weighted by molar-refractivity contribution is 5.76. The number of amides is 1. The van der Waals surface area contributed by atoms with E-state index in [0.717, 1.165) is 38.3 Å². The summed E-state index contributed by atoms with van der Waals surface area (Å²) in [7, 11) is 0. The van der Waals surface area contributed by atoms with Crippen LogP contribution in [0.25, 0.3) is 11.3 Å². The molecule has 1 aliphatic rings. The van der Waals surface area contributed by atoms with E-state index in [2.05, 4.69) is 21.9 Å². The van der Waals surface area contributed by atoms with Crippen LogP contribution >= 0.6 is 0 Å². The molecule has 7 nitrogen and oxygen atoms in total. The van der Waals surface area contributed by atoms with Crippen molar-refractivity contribution >= 4 is 5.91 Å². The molecular weight excluding hydrogens is 330 g/mol. The number of likely N-dealkylation sites (N-methyl/N-ethyl adjacent to an activating group) is 1. The molecule has 138 valence electrons. The van der Waals surface area contributed by atoms with Crippen molar-refractivity contribution < 1.29 is 4.79 Å². The molecule has 0 radical (unpaired) electrons.